The van der Waals surface area contributed by atoms with E-state index in [9.17, 15) is 4.79 Å². The van der Waals surface area contributed by atoms with E-state index in [1.54, 1.807) is 11.9 Å². The van der Waals surface area contributed by atoms with Crippen LogP contribution in [0.4, 0.5) is 4.79 Å². The van der Waals surface area contributed by atoms with Crippen molar-refractivity contribution in [2.24, 2.45) is 0 Å². The summed E-state index contributed by atoms with van der Waals surface area (Å²) in [6.45, 7) is 3.35. The van der Waals surface area contributed by atoms with E-state index in [0.717, 1.165) is 5.56 Å². The fraction of sp³-hybridized carbons (Fsp3) is 0.364. The van der Waals surface area contributed by atoms with Gasteiger partial charge < -0.3 is 10.2 Å². The van der Waals surface area contributed by atoms with Crippen LogP contribution in [0.15, 0.2) is 30.3 Å². The van der Waals surface area contributed by atoms with Crippen molar-refractivity contribution in [2.45, 2.75) is 13.5 Å². The Morgan fingerprint density at radius 1 is 1.36 bits per heavy atom. The molecule has 0 aliphatic rings. The second-order valence-corrected chi connectivity index (χ2v) is 3.05. The molecule has 76 valence electrons. The Morgan fingerprint density at radius 2 is 2.00 bits per heavy atom. The maximum Gasteiger partial charge on any atom is 0.317 e. The van der Waals surface area contributed by atoms with Gasteiger partial charge in [-0.2, -0.15) is 0 Å². The monoisotopic (exact) mass is 192 g/mol. The van der Waals surface area contributed by atoms with Crippen molar-refractivity contribution in [2.75, 3.05) is 13.6 Å². The van der Waals surface area contributed by atoms with Gasteiger partial charge in [0.1, 0.15) is 0 Å². The summed E-state index contributed by atoms with van der Waals surface area (Å²) in [5.74, 6) is 0. The Balaban J connectivity index is 2.62. The lowest BCUT2D eigenvalue weighted by Crippen LogP contribution is -2.37. The Morgan fingerprint density at radius 3 is 2.50 bits per heavy atom. The number of carbonyl (C=O) groups is 1. The van der Waals surface area contributed by atoms with E-state index in [2.05, 4.69) is 5.32 Å². The number of hydrogen-bond acceptors (Lipinski definition) is 1. The number of benzene rings is 1. The van der Waals surface area contributed by atoms with Crippen LogP contribution in [0.1, 0.15) is 12.5 Å². The van der Waals surface area contributed by atoms with E-state index in [-0.39, 0.29) is 6.03 Å². The molecule has 0 aromatic heterocycles. The van der Waals surface area contributed by atoms with Gasteiger partial charge in [-0.1, -0.05) is 30.3 Å². The predicted molar refractivity (Wildman–Crippen MR) is 57.0 cm³/mol. The molecule has 0 bridgehead atoms. The molecule has 0 unspecified atom stereocenters. The minimum absolute atomic E-state index is 0.0312. The third-order valence-electron chi connectivity index (χ3n) is 2.10. The Hall–Kier alpha value is -1.51. The number of carbonyl (C=O) groups excluding carboxylic acids is 1. The van der Waals surface area contributed by atoms with Gasteiger partial charge in [0.2, 0.25) is 0 Å². The van der Waals surface area contributed by atoms with Crippen LogP contribution in [0, 0.1) is 0 Å². The average Bonchev–Trinajstić information content (AvgIpc) is 2.26. The summed E-state index contributed by atoms with van der Waals surface area (Å²) in [6.07, 6.45) is 0. The zero-order valence-corrected chi connectivity index (χ0v) is 8.66. The largest absolute Gasteiger partial charge is 0.341 e. The van der Waals surface area contributed by atoms with Crippen LogP contribution in [-0.4, -0.2) is 24.5 Å². The molecule has 0 atom stereocenters. The molecule has 2 amide bonds. The number of nitrogens with zero attached hydrogens (tertiary/aromatic N) is 1. The summed E-state index contributed by atoms with van der Waals surface area (Å²) in [5, 5.41) is 2.62. The number of amides is 2. The summed E-state index contributed by atoms with van der Waals surface area (Å²) < 4.78 is 0. The molecule has 14 heavy (non-hydrogen) atoms. The van der Waals surface area contributed by atoms with Crippen LogP contribution in [0.2, 0.25) is 0 Å². The molecule has 3 nitrogen and oxygen atoms in total. The van der Waals surface area contributed by atoms with Crippen LogP contribution < -0.4 is 5.32 Å². The molecule has 0 aliphatic heterocycles. The summed E-state index contributed by atoms with van der Waals surface area (Å²) >= 11 is 0. The van der Waals surface area contributed by atoms with E-state index in [4.69, 9.17) is 0 Å². The summed E-state index contributed by atoms with van der Waals surface area (Å²) in [6, 6.07) is 9.94. The standard InChI is InChI=1S/C11H16N2O/c1-3-13(11(14)12-2)9-10-7-5-4-6-8-10/h4-8H,3,9H2,1-2H3,(H,12,14). The van der Waals surface area contributed by atoms with E-state index in [0.29, 0.717) is 13.1 Å². The molecule has 3 heteroatoms. The molecule has 0 aliphatic carbocycles. The molecule has 1 N–H and O–H groups in total. The van der Waals surface area contributed by atoms with Gasteiger partial charge in [0.05, 0.1) is 0 Å². The third kappa shape index (κ3) is 2.76. The molecule has 0 fully saturated rings. The van der Waals surface area contributed by atoms with Crippen LogP contribution in [-0.2, 0) is 6.54 Å². The highest BCUT2D eigenvalue weighted by molar-refractivity contribution is 5.73. The van der Waals surface area contributed by atoms with Gasteiger partial charge in [0.15, 0.2) is 0 Å². The normalized spacial score (nSPS) is 9.57. The highest BCUT2D eigenvalue weighted by atomic mass is 16.2. The van der Waals surface area contributed by atoms with Gasteiger partial charge in [-0.25, -0.2) is 4.79 Å². The second kappa shape index (κ2) is 5.27. The maximum atomic E-state index is 11.4. The fourth-order valence-electron chi connectivity index (χ4n) is 1.29. The molecule has 1 aromatic rings. The zero-order chi connectivity index (χ0) is 10.4. The van der Waals surface area contributed by atoms with E-state index in [1.807, 2.05) is 37.3 Å². The summed E-state index contributed by atoms with van der Waals surface area (Å²) in [5.41, 5.74) is 1.15. The van der Waals surface area contributed by atoms with E-state index >= 15 is 0 Å². The number of nitrogens with one attached hydrogen (secondary N) is 1. The van der Waals surface area contributed by atoms with Gasteiger partial charge in [-0.3, -0.25) is 0 Å². The molecule has 0 radical (unpaired) electrons. The molecule has 1 aromatic carbocycles. The first-order valence-electron chi connectivity index (χ1n) is 4.78. The Labute approximate surface area is 84.7 Å². The molecule has 0 heterocycles. The summed E-state index contributed by atoms with van der Waals surface area (Å²) in [4.78, 5) is 13.1. The lowest BCUT2D eigenvalue weighted by molar-refractivity contribution is 0.200. The molecule has 0 saturated heterocycles. The Bertz CT molecular complexity index is 285. The predicted octanol–water partition coefficient (Wildman–Crippen LogP) is 1.85. The van der Waals surface area contributed by atoms with Gasteiger partial charge in [-0.05, 0) is 12.5 Å². The zero-order valence-electron chi connectivity index (χ0n) is 8.66. The quantitative estimate of drug-likeness (QED) is 0.778. The van der Waals surface area contributed by atoms with Crippen molar-refractivity contribution in [3.8, 4) is 0 Å². The van der Waals surface area contributed by atoms with Crippen LogP contribution >= 0.6 is 0 Å². The van der Waals surface area contributed by atoms with Crippen LogP contribution in [0.25, 0.3) is 0 Å². The minimum Gasteiger partial charge on any atom is -0.341 e. The molecule has 1 rings (SSSR count). The van der Waals surface area contributed by atoms with Crippen molar-refractivity contribution in [1.82, 2.24) is 10.2 Å². The lowest BCUT2D eigenvalue weighted by atomic mass is 10.2. The van der Waals surface area contributed by atoms with Gasteiger partial charge in [-0.15, -0.1) is 0 Å². The lowest BCUT2D eigenvalue weighted by Gasteiger charge is -2.20. The van der Waals surface area contributed by atoms with E-state index < -0.39 is 0 Å². The first-order chi connectivity index (χ1) is 6.77. The average molecular weight is 192 g/mol. The minimum atomic E-state index is -0.0312. The maximum absolute atomic E-state index is 11.4. The second-order valence-electron chi connectivity index (χ2n) is 3.05. The van der Waals surface area contributed by atoms with Crippen molar-refractivity contribution >= 4 is 6.03 Å². The summed E-state index contributed by atoms with van der Waals surface area (Å²) in [7, 11) is 1.65. The first-order valence-corrected chi connectivity index (χ1v) is 4.78. The topological polar surface area (TPSA) is 32.3 Å². The third-order valence-corrected chi connectivity index (χ3v) is 2.10. The van der Waals surface area contributed by atoms with Crippen molar-refractivity contribution < 1.29 is 4.79 Å². The molecular weight excluding hydrogens is 176 g/mol. The van der Waals surface area contributed by atoms with Crippen LogP contribution in [0.5, 0.6) is 0 Å². The molecular formula is C11H16N2O. The SMILES string of the molecule is CCN(Cc1ccccc1)C(=O)NC. The highest BCUT2D eigenvalue weighted by Gasteiger charge is 2.08. The van der Waals surface area contributed by atoms with Crippen molar-refractivity contribution in [3.63, 3.8) is 0 Å². The number of urea groups is 1. The fourth-order valence-corrected chi connectivity index (χ4v) is 1.29. The van der Waals surface area contributed by atoms with Crippen molar-refractivity contribution in [3.05, 3.63) is 35.9 Å². The van der Waals surface area contributed by atoms with Gasteiger partial charge in [0, 0.05) is 20.1 Å². The Kier molecular flexibility index (Phi) is 3.98. The smallest absolute Gasteiger partial charge is 0.317 e. The highest BCUT2D eigenvalue weighted by Crippen LogP contribution is 2.03. The first kappa shape index (κ1) is 10.6. The van der Waals surface area contributed by atoms with Gasteiger partial charge >= 0.3 is 6.03 Å². The molecule has 0 spiro atoms. The molecule has 0 saturated carbocycles. The number of hydrogen-bond donors (Lipinski definition) is 1. The number of rotatable bonds is 3. The van der Waals surface area contributed by atoms with Gasteiger partial charge in [0.25, 0.3) is 0 Å². The van der Waals surface area contributed by atoms with E-state index in [1.165, 1.54) is 0 Å². The van der Waals surface area contributed by atoms with Crippen molar-refractivity contribution in [1.29, 1.82) is 0 Å². The van der Waals surface area contributed by atoms with Crippen LogP contribution in [0.3, 0.4) is 0 Å².